The number of nitrogens with zero attached hydrogens (tertiary/aromatic N) is 4. The number of hydrogen-bond donors (Lipinski definition) is 3. The molecule has 4 unspecified atom stereocenters. The van der Waals surface area contributed by atoms with Gasteiger partial charge in [-0.15, -0.1) is 0 Å². The zero-order valence-corrected chi connectivity index (χ0v) is 31.7. The van der Waals surface area contributed by atoms with Crippen molar-refractivity contribution in [1.29, 1.82) is 0 Å². The van der Waals surface area contributed by atoms with Crippen molar-refractivity contribution in [2.75, 3.05) is 20.6 Å². The molecule has 2 saturated heterocycles. The normalized spacial score (nSPS) is 23.6. The summed E-state index contributed by atoms with van der Waals surface area (Å²) in [4.78, 5) is 36.4. The molecule has 2 aliphatic heterocycles. The molecule has 272 valence electrons. The second-order valence-electron chi connectivity index (χ2n) is 16.9. The number of aromatic nitrogens is 4. The summed E-state index contributed by atoms with van der Waals surface area (Å²) >= 11 is 0. The maximum Gasteiger partial charge on any atom is 0.240 e. The molecule has 1 amide bonds. The number of hydrogen-bond acceptors (Lipinski definition) is 5. The van der Waals surface area contributed by atoms with Gasteiger partial charge in [-0.2, -0.15) is 0 Å². The topological polar surface area (TPSA) is 92.9 Å². The average Bonchev–Trinajstić information content (AvgIpc) is 4.00. The molecule has 5 aromatic rings. The monoisotopic (exact) mass is 697 g/mol. The zero-order valence-electron chi connectivity index (χ0n) is 31.7. The lowest BCUT2D eigenvalue weighted by molar-refractivity contribution is -0.135. The van der Waals surface area contributed by atoms with Gasteiger partial charge in [0.15, 0.2) is 0 Å². The van der Waals surface area contributed by atoms with E-state index in [-0.39, 0.29) is 29.3 Å². The summed E-state index contributed by atoms with van der Waals surface area (Å²) in [6, 6.07) is 16.8. The lowest BCUT2D eigenvalue weighted by Crippen LogP contribution is -2.48. The van der Waals surface area contributed by atoms with Crippen LogP contribution in [0.25, 0.3) is 44.2 Å². The van der Waals surface area contributed by atoms with E-state index in [9.17, 15) is 4.79 Å². The summed E-state index contributed by atoms with van der Waals surface area (Å²) in [7, 11) is 4.17. The van der Waals surface area contributed by atoms with Crippen molar-refractivity contribution >= 4 is 27.7 Å². The molecule has 4 aliphatic rings. The van der Waals surface area contributed by atoms with Gasteiger partial charge in [0.1, 0.15) is 11.6 Å². The number of likely N-dealkylation sites (tertiary alicyclic amines) is 2. The quantitative estimate of drug-likeness (QED) is 0.151. The van der Waals surface area contributed by atoms with E-state index < -0.39 is 0 Å². The Labute approximate surface area is 308 Å². The highest BCUT2D eigenvalue weighted by Gasteiger charge is 2.49. The van der Waals surface area contributed by atoms with Crippen molar-refractivity contribution in [3.05, 3.63) is 71.4 Å². The van der Waals surface area contributed by atoms with E-state index >= 15 is 0 Å². The number of rotatable bonds is 8. The largest absolute Gasteiger partial charge is 0.341 e. The fourth-order valence-corrected chi connectivity index (χ4v) is 10.8. The summed E-state index contributed by atoms with van der Waals surface area (Å²) in [5, 5.41) is 5.67. The Balaban J connectivity index is 1.03. The third kappa shape index (κ3) is 5.51. The van der Waals surface area contributed by atoms with E-state index in [1.807, 2.05) is 7.05 Å². The second-order valence-corrected chi connectivity index (χ2v) is 16.9. The molecular weight excluding hydrogens is 643 g/mol. The van der Waals surface area contributed by atoms with Crippen LogP contribution in [-0.2, 0) is 17.6 Å². The molecule has 8 nitrogen and oxygen atoms in total. The van der Waals surface area contributed by atoms with Crippen molar-refractivity contribution in [1.82, 2.24) is 35.1 Å². The van der Waals surface area contributed by atoms with Crippen LogP contribution in [0.3, 0.4) is 0 Å². The first-order chi connectivity index (χ1) is 25.3. The predicted octanol–water partition coefficient (Wildman–Crippen LogP) is 8.89. The van der Waals surface area contributed by atoms with E-state index in [0.29, 0.717) is 12.1 Å². The molecular formula is C44H55N7O. The molecule has 3 fully saturated rings. The summed E-state index contributed by atoms with van der Waals surface area (Å²) in [5.74, 6) is 2.47. The van der Waals surface area contributed by atoms with Crippen LogP contribution in [0.1, 0.15) is 113 Å². The van der Waals surface area contributed by atoms with Crippen LogP contribution in [0.5, 0.6) is 0 Å². The smallest absolute Gasteiger partial charge is 0.240 e. The minimum Gasteiger partial charge on any atom is -0.341 e. The van der Waals surface area contributed by atoms with Crippen LogP contribution in [0.4, 0.5) is 0 Å². The third-order valence-electron chi connectivity index (χ3n) is 13.6. The number of fused-ring (bicyclic) bond motifs is 4. The van der Waals surface area contributed by atoms with E-state index in [1.54, 1.807) is 0 Å². The van der Waals surface area contributed by atoms with Gasteiger partial charge in [0.2, 0.25) is 5.91 Å². The Kier molecular flexibility index (Phi) is 8.54. The summed E-state index contributed by atoms with van der Waals surface area (Å²) in [5.41, 5.74) is 10.3. The Morgan fingerprint density at radius 1 is 0.962 bits per heavy atom. The molecule has 4 heterocycles. The average molecular weight is 698 g/mol. The van der Waals surface area contributed by atoms with Gasteiger partial charge in [0.05, 0.1) is 41.0 Å². The first-order valence-corrected chi connectivity index (χ1v) is 20.1. The third-order valence-corrected chi connectivity index (χ3v) is 13.6. The summed E-state index contributed by atoms with van der Waals surface area (Å²) in [6.07, 6.45) is 15.0. The number of imidazole rings is 2. The number of carbonyl (C=O) groups excluding carboxylic acids is 1. The molecule has 0 bridgehead atoms. The number of aromatic amines is 2. The molecule has 3 N–H and O–H groups in total. The molecule has 52 heavy (non-hydrogen) atoms. The minimum absolute atomic E-state index is 0.0266. The molecule has 9 rings (SSSR count). The highest BCUT2D eigenvalue weighted by atomic mass is 16.2. The number of carbonyl (C=O) groups is 1. The Morgan fingerprint density at radius 2 is 1.75 bits per heavy atom. The van der Waals surface area contributed by atoms with Crippen molar-refractivity contribution in [3.8, 4) is 22.4 Å². The lowest BCUT2D eigenvalue weighted by atomic mass is 9.84. The number of amides is 1. The van der Waals surface area contributed by atoms with Crippen molar-refractivity contribution in [3.63, 3.8) is 0 Å². The molecule has 4 atom stereocenters. The van der Waals surface area contributed by atoms with E-state index in [1.165, 1.54) is 84.6 Å². The fourth-order valence-electron chi connectivity index (χ4n) is 10.8. The highest BCUT2D eigenvalue weighted by molar-refractivity contribution is 6.05. The lowest BCUT2D eigenvalue weighted by Gasteiger charge is -2.30. The molecule has 1 spiro atoms. The van der Waals surface area contributed by atoms with E-state index in [4.69, 9.17) is 9.97 Å². The van der Waals surface area contributed by atoms with Gasteiger partial charge in [-0.25, -0.2) is 9.97 Å². The van der Waals surface area contributed by atoms with Crippen LogP contribution in [-0.4, -0.2) is 68.4 Å². The second kappa shape index (κ2) is 13.1. The molecule has 2 aromatic heterocycles. The van der Waals surface area contributed by atoms with Gasteiger partial charge >= 0.3 is 0 Å². The van der Waals surface area contributed by atoms with Gasteiger partial charge in [0.25, 0.3) is 0 Å². The number of H-pyrrole nitrogens is 2. The van der Waals surface area contributed by atoms with Crippen LogP contribution >= 0.6 is 0 Å². The molecule has 3 aromatic carbocycles. The fraction of sp³-hybridized carbons (Fsp3) is 0.523. The SMILES string of the molecule is CCC1CCC(c2ncc(-c3ccc(-c4ccc5c(ccc6[nH]c(C7CC8(CCCC8)CN7C(=O)C(NC)C(C)C)nc65)c4)c4c3CCC4)[nH]2)N1C. The Bertz CT molecular complexity index is 2140. The minimum atomic E-state index is -0.192. The molecule has 8 heteroatoms. The van der Waals surface area contributed by atoms with Gasteiger partial charge in [-0.05, 0) is 123 Å². The Hall–Kier alpha value is -4.01. The van der Waals surface area contributed by atoms with E-state index in [0.717, 1.165) is 59.6 Å². The Morgan fingerprint density at radius 3 is 2.50 bits per heavy atom. The maximum atomic E-state index is 14.0. The van der Waals surface area contributed by atoms with Crippen molar-refractivity contribution in [2.24, 2.45) is 11.3 Å². The van der Waals surface area contributed by atoms with Gasteiger partial charge in [-0.3, -0.25) is 9.69 Å². The standard InChI is InChI=1S/C44H55N7O/c1-6-29-14-19-37(50(29)5)41-46-24-36(48-41)34-17-16-30(32-10-9-11-33(32)34)27-12-15-31-28(22-27)13-18-35-40(31)49-42(47-35)38-23-44(20-7-8-21-44)25-51(38)43(52)39(45-4)26(2)3/h12-13,15-18,22,24,26,29,37-39,45H,6-11,14,19-21,23,25H2,1-5H3,(H,46,48)(H,47,49). The summed E-state index contributed by atoms with van der Waals surface area (Å²) in [6.45, 7) is 7.39. The first-order valence-electron chi connectivity index (χ1n) is 20.1. The first kappa shape index (κ1) is 33.8. The van der Waals surface area contributed by atoms with Crippen molar-refractivity contribution in [2.45, 2.75) is 116 Å². The van der Waals surface area contributed by atoms with Gasteiger partial charge in [-0.1, -0.05) is 63.9 Å². The van der Waals surface area contributed by atoms with Crippen LogP contribution in [0, 0.1) is 11.3 Å². The molecule has 1 saturated carbocycles. The summed E-state index contributed by atoms with van der Waals surface area (Å²) < 4.78 is 0. The predicted molar refractivity (Wildman–Crippen MR) is 210 cm³/mol. The van der Waals surface area contributed by atoms with Crippen LogP contribution in [0.15, 0.2) is 48.7 Å². The molecule has 0 radical (unpaired) electrons. The number of benzene rings is 3. The molecule has 2 aliphatic carbocycles. The van der Waals surface area contributed by atoms with Crippen LogP contribution in [0.2, 0.25) is 0 Å². The maximum absolute atomic E-state index is 14.0. The van der Waals surface area contributed by atoms with Crippen LogP contribution < -0.4 is 5.32 Å². The van der Waals surface area contributed by atoms with Gasteiger partial charge < -0.3 is 20.2 Å². The highest BCUT2D eigenvalue weighted by Crippen LogP contribution is 2.52. The van der Waals surface area contributed by atoms with E-state index in [2.05, 4.69) is 102 Å². The number of likely N-dealkylation sites (N-methyl/N-ethyl adjacent to an activating group) is 1. The van der Waals surface area contributed by atoms with Gasteiger partial charge in [0, 0.05) is 23.5 Å². The number of nitrogens with one attached hydrogen (secondary N) is 3. The van der Waals surface area contributed by atoms with Crippen molar-refractivity contribution < 1.29 is 4.79 Å². The zero-order chi connectivity index (χ0) is 35.7.